The average molecular weight is 352 g/mol. The molecule has 0 bridgehead atoms. The monoisotopic (exact) mass is 352 g/mol. The molecule has 0 saturated carbocycles. The summed E-state index contributed by atoms with van der Waals surface area (Å²) in [6, 6.07) is 25.4. The Hall–Kier alpha value is -3.35. The van der Waals surface area contributed by atoms with Gasteiger partial charge in [-0.3, -0.25) is 4.79 Å². The van der Waals surface area contributed by atoms with E-state index in [4.69, 9.17) is 5.73 Å². The van der Waals surface area contributed by atoms with Crippen LogP contribution in [0.3, 0.4) is 0 Å². The van der Waals surface area contributed by atoms with Crippen LogP contribution in [0, 0.1) is 18.8 Å². The van der Waals surface area contributed by atoms with Crippen molar-refractivity contribution in [2.75, 3.05) is 4.90 Å². The second-order valence-corrected chi connectivity index (χ2v) is 6.82. The molecule has 3 aromatic rings. The zero-order chi connectivity index (χ0) is 18.9. The van der Waals surface area contributed by atoms with Gasteiger partial charge < -0.3 is 10.6 Å². The van der Waals surface area contributed by atoms with Gasteiger partial charge in [-0.25, -0.2) is 0 Å². The number of carbonyl (C=O) groups excluding carboxylic acids is 1. The van der Waals surface area contributed by atoms with Crippen molar-refractivity contribution in [1.82, 2.24) is 0 Å². The lowest BCUT2D eigenvalue weighted by molar-refractivity contribution is -0.121. The van der Waals surface area contributed by atoms with Crippen molar-refractivity contribution >= 4 is 11.6 Å². The summed E-state index contributed by atoms with van der Waals surface area (Å²) in [6.45, 7) is 2.47. The molecule has 3 aromatic carbocycles. The number of benzene rings is 3. The SMILES string of the molecule is Cc1ccc2c(c1)[C@](N)(C#Cc1ccccc1)C(=O)N2Cc1ccccc1. The van der Waals surface area contributed by atoms with Gasteiger partial charge in [0, 0.05) is 11.1 Å². The fourth-order valence-electron chi connectivity index (χ4n) is 3.37. The Balaban J connectivity index is 1.78. The van der Waals surface area contributed by atoms with E-state index >= 15 is 0 Å². The Kier molecular flexibility index (Phi) is 4.27. The highest BCUT2D eigenvalue weighted by atomic mass is 16.2. The molecular weight excluding hydrogens is 332 g/mol. The van der Waals surface area contributed by atoms with E-state index in [0.717, 1.165) is 27.9 Å². The van der Waals surface area contributed by atoms with E-state index in [1.165, 1.54) is 0 Å². The van der Waals surface area contributed by atoms with Gasteiger partial charge in [-0.2, -0.15) is 0 Å². The average Bonchev–Trinajstić information content (AvgIpc) is 2.90. The Morgan fingerprint density at radius 3 is 2.33 bits per heavy atom. The number of hydrogen-bond donors (Lipinski definition) is 1. The van der Waals surface area contributed by atoms with E-state index in [2.05, 4.69) is 11.8 Å². The lowest BCUT2D eigenvalue weighted by Crippen LogP contribution is -2.46. The highest BCUT2D eigenvalue weighted by molar-refractivity contribution is 6.10. The first-order chi connectivity index (χ1) is 13.1. The maximum atomic E-state index is 13.3. The zero-order valence-electron chi connectivity index (χ0n) is 15.1. The molecule has 0 radical (unpaired) electrons. The standard InChI is InChI=1S/C24H20N2O/c1-18-12-13-22-21(16-18)24(25,15-14-19-8-4-2-5-9-19)23(27)26(22)17-20-10-6-3-7-11-20/h2-13,16H,17,25H2,1H3/t24-/m1/s1. The van der Waals surface area contributed by atoms with Crippen LogP contribution in [-0.4, -0.2) is 5.91 Å². The predicted molar refractivity (Wildman–Crippen MR) is 108 cm³/mol. The Labute approximate surface area is 159 Å². The van der Waals surface area contributed by atoms with Gasteiger partial charge in [-0.05, 0) is 30.7 Å². The lowest BCUT2D eigenvalue weighted by atomic mass is 9.91. The summed E-state index contributed by atoms with van der Waals surface area (Å²) in [5, 5.41) is 0. The summed E-state index contributed by atoms with van der Waals surface area (Å²) in [7, 11) is 0. The number of hydrogen-bond acceptors (Lipinski definition) is 2. The van der Waals surface area contributed by atoms with Crippen LogP contribution in [-0.2, 0) is 16.9 Å². The molecule has 1 aliphatic rings. The van der Waals surface area contributed by atoms with E-state index < -0.39 is 5.54 Å². The zero-order valence-corrected chi connectivity index (χ0v) is 15.1. The summed E-state index contributed by atoms with van der Waals surface area (Å²) in [6.07, 6.45) is 0. The topological polar surface area (TPSA) is 46.3 Å². The van der Waals surface area contributed by atoms with Crippen molar-refractivity contribution in [1.29, 1.82) is 0 Å². The minimum absolute atomic E-state index is 0.185. The predicted octanol–water partition coefficient (Wildman–Crippen LogP) is 3.75. The molecule has 0 saturated heterocycles. The van der Waals surface area contributed by atoms with Gasteiger partial charge >= 0.3 is 0 Å². The number of rotatable bonds is 2. The minimum atomic E-state index is -1.34. The van der Waals surface area contributed by atoms with Crippen LogP contribution in [0.5, 0.6) is 0 Å². The largest absolute Gasteiger partial charge is 0.305 e. The summed E-state index contributed by atoms with van der Waals surface area (Å²) in [5.41, 5.74) is 9.82. The van der Waals surface area contributed by atoms with Gasteiger partial charge in [0.2, 0.25) is 0 Å². The van der Waals surface area contributed by atoms with Crippen molar-refractivity contribution < 1.29 is 4.79 Å². The number of nitrogens with two attached hydrogens (primary N) is 1. The first kappa shape index (κ1) is 17.1. The van der Waals surface area contributed by atoms with Crippen molar-refractivity contribution in [3.05, 3.63) is 101 Å². The van der Waals surface area contributed by atoms with Crippen molar-refractivity contribution in [3.63, 3.8) is 0 Å². The quantitative estimate of drug-likeness (QED) is 0.714. The van der Waals surface area contributed by atoms with Crippen LogP contribution < -0.4 is 10.6 Å². The third kappa shape index (κ3) is 3.12. The van der Waals surface area contributed by atoms with Crippen molar-refractivity contribution in [3.8, 4) is 11.8 Å². The number of carbonyl (C=O) groups is 1. The maximum Gasteiger partial charge on any atom is 0.264 e. The second-order valence-electron chi connectivity index (χ2n) is 6.82. The molecule has 1 aliphatic heterocycles. The van der Waals surface area contributed by atoms with E-state index in [9.17, 15) is 4.79 Å². The normalized spacial score (nSPS) is 18.0. The van der Waals surface area contributed by atoms with Crippen LogP contribution in [0.25, 0.3) is 0 Å². The summed E-state index contributed by atoms with van der Waals surface area (Å²) >= 11 is 0. The molecule has 3 heteroatoms. The molecule has 0 fully saturated rings. The molecular formula is C24H20N2O. The number of fused-ring (bicyclic) bond motifs is 1. The first-order valence-electron chi connectivity index (χ1n) is 8.92. The van der Waals surface area contributed by atoms with Gasteiger partial charge in [0.15, 0.2) is 5.54 Å². The smallest absolute Gasteiger partial charge is 0.264 e. The van der Waals surface area contributed by atoms with Crippen LogP contribution >= 0.6 is 0 Å². The lowest BCUT2D eigenvalue weighted by Gasteiger charge is -2.20. The van der Waals surface area contributed by atoms with Crippen LogP contribution in [0.15, 0.2) is 78.9 Å². The summed E-state index contributed by atoms with van der Waals surface area (Å²) in [4.78, 5) is 15.1. The molecule has 0 aromatic heterocycles. The first-order valence-corrected chi connectivity index (χ1v) is 8.92. The molecule has 3 nitrogen and oxygen atoms in total. The maximum absolute atomic E-state index is 13.3. The molecule has 0 unspecified atom stereocenters. The highest BCUT2D eigenvalue weighted by Crippen LogP contribution is 2.40. The van der Waals surface area contributed by atoms with E-state index in [-0.39, 0.29) is 5.91 Å². The number of anilines is 1. The van der Waals surface area contributed by atoms with Crippen LogP contribution in [0.2, 0.25) is 0 Å². The number of nitrogens with zero attached hydrogens (tertiary/aromatic N) is 1. The van der Waals surface area contributed by atoms with Crippen LogP contribution in [0.1, 0.15) is 22.3 Å². The fraction of sp³-hybridized carbons (Fsp3) is 0.125. The molecule has 1 amide bonds. The molecule has 4 rings (SSSR count). The number of amides is 1. The molecule has 1 atom stereocenters. The van der Waals surface area contributed by atoms with Crippen molar-refractivity contribution in [2.45, 2.75) is 19.0 Å². The molecule has 0 spiro atoms. The van der Waals surface area contributed by atoms with Gasteiger partial charge in [-0.15, -0.1) is 0 Å². The van der Waals surface area contributed by atoms with Gasteiger partial charge in [-0.1, -0.05) is 78.1 Å². The van der Waals surface area contributed by atoms with Gasteiger partial charge in [0.25, 0.3) is 5.91 Å². The molecule has 1 heterocycles. The summed E-state index contributed by atoms with van der Waals surface area (Å²) < 4.78 is 0. The molecule has 0 aliphatic carbocycles. The Morgan fingerprint density at radius 1 is 0.963 bits per heavy atom. The van der Waals surface area contributed by atoms with Gasteiger partial charge in [0.05, 0.1) is 12.2 Å². The van der Waals surface area contributed by atoms with E-state index in [1.807, 2.05) is 85.8 Å². The molecule has 132 valence electrons. The highest BCUT2D eigenvalue weighted by Gasteiger charge is 2.47. The van der Waals surface area contributed by atoms with E-state index in [1.54, 1.807) is 4.90 Å². The van der Waals surface area contributed by atoms with Crippen molar-refractivity contribution in [2.24, 2.45) is 5.73 Å². The Bertz CT molecular complexity index is 1050. The third-order valence-electron chi connectivity index (χ3n) is 4.81. The summed E-state index contributed by atoms with van der Waals surface area (Å²) in [5.74, 6) is 5.95. The Morgan fingerprint density at radius 2 is 1.63 bits per heavy atom. The molecule has 2 N–H and O–H groups in total. The minimum Gasteiger partial charge on any atom is -0.305 e. The molecule has 27 heavy (non-hydrogen) atoms. The third-order valence-corrected chi connectivity index (χ3v) is 4.81. The van der Waals surface area contributed by atoms with Gasteiger partial charge in [0.1, 0.15) is 0 Å². The van der Waals surface area contributed by atoms with E-state index in [0.29, 0.717) is 6.54 Å². The fourth-order valence-corrected chi connectivity index (χ4v) is 3.37. The second kappa shape index (κ2) is 6.75. The number of aryl methyl sites for hydroxylation is 1. The van der Waals surface area contributed by atoms with Crippen LogP contribution in [0.4, 0.5) is 5.69 Å².